The van der Waals surface area contributed by atoms with Crippen LogP contribution in [0.15, 0.2) is 35.4 Å². The van der Waals surface area contributed by atoms with Crippen molar-refractivity contribution in [1.29, 1.82) is 5.26 Å². The summed E-state index contributed by atoms with van der Waals surface area (Å²) in [6, 6.07) is 8.07. The molecule has 2 N–H and O–H groups in total. The lowest BCUT2D eigenvalue weighted by Crippen LogP contribution is -2.25. The lowest BCUT2D eigenvalue weighted by molar-refractivity contribution is 0.196. The standard InChI is InChI=1S/C16H19N5O4S/c1-24-9-3-8-19-26(22,23)14-6-4-13(5-7-14)20-16-18-11-12(10-17)15(21-16)25-2/h4-7,11,19H,3,8-9H2,1-2H3,(H,18,20,21). The molecule has 0 aliphatic rings. The molecule has 0 saturated heterocycles. The molecule has 2 aromatic rings. The average molecular weight is 377 g/mol. The molecule has 1 heterocycles. The molecule has 0 radical (unpaired) electrons. The molecule has 0 amide bonds. The van der Waals surface area contributed by atoms with Crippen LogP contribution in [-0.4, -0.2) is 45.8 Å². The number of aromatic nitrogens is 2. The second-order valence-corrected chi connectivity index (χ2v) is 6.89. The fraction of sp³-hybridized carbons (Fsp3) is 0.312. The summed E-state index contributed by atoms with van der Waals surface area (Å²) in [5.74, 6) is 0.388. The summed E-state index contributed by atoms with van der Waals surface area (Å²) in [5.41, 5.74) is 0.814. The second-order valence-electron chi connectivity index (χ2n) is 5.12. The van der Waals surface area contributed by atoms with Gasteiger partial charge in [0.15, 0.2) is 0 Å². The molecule has 0 unspecified atom stereocenters. The molecule has 0 atom stereocenters. The number of benzene rings is 1. The van der Waals surface area contributed by atoms with Crippen LogP contribution in [0.1, 0.15) is 12.0 Å². The number of nitriles is 1. The topological polar surface area (TPSA) is 126 Å². The van der Waals surface area contributed by atoms with Crippen LogP contribution in [0.4, 0.5) is 11.6 Å². The van der Waals surface area contributed by atoms with Crippen LogP contribution >= 0.6 is 0 Å². The minimum atomic E-state index is -3.57. The van der Waals surface area contributed by atoms with Crippen molar-refractivity contribution in [1.82, 2.24) is 14.7 Å². The van der Waals surface area contributed by atoms with Gasteiger partial charge in [-0.1, -0.05) is 0 Å². The summed E-state index contributed by atoms with van der Waals surface area (Å²) in [5, 5.41) is 11.9. The number of sulfonamides is 1. The smallest absolute Gasteiger partial charge is 0.240 e. The fourth-order valence-corrected chi connectivity index (χ4v) is 3.09. The Hall–Kier alpha value is -2.74. The first-order valence-electron chi connectivity index (χ1n) is 7.67. The van der Waals surface area contributed by atoms with E-state index in [-0.39, 0.29) is 22.3 Å². The van der Waals surface area contributed by atoms with Crippen molar-refractivity contribution in [3.63, 3.8) is 0 Å². The number of anilines is 2. The highest BCUT2D eigenvalue weighted by Crippen LogP contribution is 2.20. The Morgan fingerprint density at radius 1 is 1.23 bits per heavy atom. The van der Waals surface area contributed by atoms with E-state index in [9.17, 15) is 8.42 Å². The first-order valence-corrected chi connectivity index (χ1v) is 9.15. The zero-order valence-electron chi connectivity index (χ0n) is 14.4. The Kier molecular flexibility index (Phi) is 6.85. The number of rotatable bonds is 9. The minimum Gasteiger partial charge on any atom is -0.480 e. The van der Waals surface area contributed by atoms with Crippen LogP contribution in [0.25, 0.3) is 0 Å². The van der Waals surface area contributed by atoms with Crippen molar-refractivity contribution in [2.75, 3.05) is 32.7 Å². The number of nitrogens with zero attached hydrogens (tertiary/aromatic N) is 3. The van der Waals surface area contributed by atoms with Gasteiger partial charge in [-0.2, -0.15) is 10.2 Å². The van der Waals surface area contributed by atoms with E-state index >= 15 is 0 Å². The third kappa shape index (κ3) is 5.13. The van der Waals surface area contributed by atoms with Gasteiger partial charge in [0, 0.05) is 25.9 Å². The van der Waals surface area contributed by atoms with Crippen molar-refractivity contribution >= 4 is 21.7 Å². The lowest BCUT2D eigenvalue weighted by Gasteiger charge is -2.09. The molecule has 2 rings (SSSR count). The number of hydrogen-bond donors (Lipinski definition) is 2. The summed E-state index contributed by atoms with van der Waals surface area (Å²) < 4.78 is 36.8. The third-order valence-corrected chi connectivity index (χ3v) is 4.78. The molecule has 1 aromatic carbocycles. The predicted octanol–water partition coefficient (Wildman–Crippen LogP) is 1.42. The zero-order valence-corrected chi connectivity index (χ0v) is 15.2. The molecule has 0 aliphatic heterocycles. The first-order chi connectivity index (χ1) is 12.5. The summed E-state index contributed by atoms with van der Waals surface area (Å²) in [6.45, 7) is 0.786. The van der Waals surface area contributed by atoms with E-state index in [0.717, 1.165) is 0 Å². The van der Waals surface area contributed by atoms with Crippen LogP contribution in [0.5, 0.6) is 5.88 Å². The number of ether oxygens (including phenoxy) is 2. The zero-order chi connectivity index (χ0) is 19.0. The van der Waals surface area contributed by atoms with Gasteiger partial charge >= 0.3 is 0 Å². The maximum absolute atomic E-state index is 12.2. The summed E-state index contributed by atoms with van der Waals surface area (Å²) >= 11 is 0. The van der Waals surface area contributed by atoms with Gasteiger partial charge in [-0.25, -0.2) is 18.1 Å². The molecule has 26 heavy (non-hydrogen) atoms. The molecule has 0 fully saturated rings. The highest BCUT2D eigenvalue weighted by Gasteiger charge is 2.13. The van der Waals surface area contributed by atoms with E-state index < -0.39 is 10.0 Å². The van der Waals surface area contributed by atoms with Gasteiger partial charge in [0.2, 0.25) is 21.9 Å². The SMILES string of the molecule is COCCCNS(=O)(=O)c1ccc(Nc2ncc(C#N)c(OC)n2)cc1. The Morgan fingerprint density at radius 3 is 2.58 bits per heavy atom. The summed E-state index contributed by atoms with van der Waals surface area (Å²) in [4.78, 5) is 8.24. The van der Waals surface area contributed by atoms with Crippen LogP contribution in [-0.2, 0) is 14.8 Å². The number of hydrogen-bond acceptors (Lipinski definition) is 8. The Morgan fingerprint density at radius 2 is 1.96 bits per heavy atom. The van der Waals surface area contributed by atoms with Crippen molar-refractivity contribution in [2.24, 2.45) is 0 Å². The monoisotopic (exact) mass is 377 g/mol. The average Bonchev–Trinajstić information content (AvgIpc) is 2.65. The van der Waals surface area contributed by atoms with E-state index in [2.05, 4.69) is 20.0 Å². The van der Waals surface area contributed by atoms with E-state index in [1.165, 1.54) is 25.4 Å². The van der Waals surface area contributed by atoms with Gasteiger partial charge in [0.05, 0.1) is 18.2 Å². The normalized spacial score (nSPS) is 11.0. The molecule has 0 spiro atoms. The van der Waals surface area contributed by atoms with Gasteiger partial charge in [-0.05, 0) is 30.7 Å². The van der Waals surface area contributed by atoms with Crippen LogP contribution in [0, 0.1) is 11.3 Å². The quantitative estimate of drug-likeness (QED) is 0.628. The maximum atomic E-state index is 12.2. The molecule has 10 heteroatoms. The van der Waals surface area contributed by atoms with Crippen molar-refractivity contribution in [3.8, 4) is 11.9 Å². The van der Waals surface area contributed by atoms with Gasteiger partial charge in [0.1, 0.15) is 11.6 Å². The van der Waals surface area contributed by atoms with Gasteiger partial charge in [0.25, 0.3) is 0 Å². The molecule has 0 bridgehead atoms. The summed E-state index contributed by atoms with van der Waals surface area (Å²) in [6.07, 6.45) is 1.93. The highest BCUT2D eigenvalue weighted by molar-refractivity contribution is 7.89. The van der Waals surface area contributed by atoms with E-state index in [1.807, 2.05) is 6.07 Å². The van der Waals surface area contributed by atoms with E-state index in [4.69, 9.17) is 14.7 Å². The summed E-state index contributed by atoms with van der Waals surface area (Å²) in [7, 11) is -0.599. The number of nitrogens with one attached hydrogen (secondary N) is 2. The Labute approximate surface area is 152 Å². The van der Waals surface area contributed by atoms with Gasteiger partial charge in [-0.15, -0.1) is 0 Å². The molecular weight excluding hydrogens is 358 g/mol. The van der Waals surface area contributed by atoms with E-state index in [0.29, 0.717) is 25.3 Å². The third-order valence-electron chi connectivity index (χ3n) is 3.31. The minimum absolute atomic E-state index is 0.152. The van der Waals surface area contributed by atoms with Crippen LogP contribution < -0.4 is 14.8 Å². The maximum Gasteiger partial charge on any atom is 0.240 e. The van der Waals surface area contributed by atoms with Crippen LogP contribution in [0.3, 0.4) is 0 Å². The molecule has 0 aliphatic carbocycles. The van der Waals surface area contributed by atoms with Gasteiger partial charge in [-0.3, -0.25) is 0 Å². The van der Waals surface area contributed by atoms with Crippen LogP contribution in [0.2, 0.25) is 0 Å². The predicted molar refractivity (Wildman–Crippen MR) is 94.7 cm³/mol. The van der Waals surface area contributed by atoms with Crippen molar-refractivity contribution in [3.05, 3.63) is 36.0 Å². The van der Waals surface area contributed by atoms with Crippen molar-refractivity contribution < 1.29 is 17.9 Å². The fourth-order valence-electron chi connectivity index (χ4n) is 2.01. The molecular formula is C16H19N5O4S. The lowest BCUT2D eigenvalue weighted by atomic mass is 10.3. The van der Waals surface area contributed by atoms with Gasteiger partial charge < -0.3 is 14.8 Å². The van der Waals surface area contributed by atoms with E-state index in [1.54, 1.807) is 19.2 Å². The molecule has 1 aromatic heterocycles. The largest absolute Gasteiger partial charge is 0.480 e. The number of methoxy groups -OCH3 is 2. The molecule has 9 nitrogen and oxygen atoms in total. The first kappa shape index (κ1) is 19.6. The molecule has 138 valence electrons. The Bertz CT molecular complexity index is 879. The Balaban J connectivity index is 2.07. The van der Waals surface area contributed by atoms with Crippen molar-refractivity contribution in [2.45, 2.75) is 11.3 Å². The molecule has 0 saturated carbocycles. The highest BCUT2D eigenvalue weighted by atomic mass is 32.2. The second kappa shape index (κ2) is 9.10.